The third-order valence-corrected chi connectivity index (χ3v) is 2.36. The van der Waals surface area contributed by atoms with Crippen LogP contribution in [0.3, 0.4) is 0 Å². The summed E-state index contributed by atoms with van der Waals surface area (Å²) in [5.41, 5.74) is 0.362. The lowest BCUT2D eigenvalue weighted by atomic mass is 10.3. The Bertz CT molecular complexity index is 363. The molecule has 1 N–H and O–H groups in total. The minimum atomic E-state index is -0.137. The van der Waals surface area contributed by atoms with E-state index in [9.17, 15) is 4.79 Å². The third kappa shape index (κ3) is 3.67. The second kappa shape index (κ2) is 6.15. The van der Waals surface area contributed by atoms with Crippen molar-refractivity contribution in [1.29, 1.82) is 0 Å². The summed E-state index contributed by atoms with van der Waals surface area (Å²) in [6.45, 7) is 1.71. The van der Waals surface area contributed by atoms with Crippen LogP contribution in [0.5, 0.6) is 0 Å². The van der Waals surface area contributed by atoms with Crippen LogP contribution in [0.2, 0.25) is 0 Å². The quantitative estimate of drug-likeness (QED) is 0.770. The Kier molecular flexibility index (Phi) is 4.84. The molecule has 1 amide bonds. The summed E-state index contributed by atoms with van der Waals surface area (Å²) in [5, 5.41) is 11.0. The molecule has 0 aliphatic rings. The standard InChI is InChI=1S/C11H19N5O/c1-12-7-8-16(4)10-6-5-9(13-14-10)11(17)15(2)3/h5-6,12H,7-8H2,1-4H3. The van der Waals surface area contributed by atoms with Crippen LogP contribution in [0.1, 0.15) is 10.5 Å². The molecule has 94 valence electrons. The third-order valence-electron chi connectivity index (χ3n) is 2.36. The average Bonchev–Trinajstić information content (AvgIpc) is 2.35. The second-order valence-electron chi connectivity index (χ2n) is 4.00. The van der Waals surface area contributed by atoms with Crippen molar-refractivity contribution < 1.29 is 4.79 Å². The number of nitrogens with one attached hydrogen (secondary N) is 1. The van der Waals surface area contributed by atoms with Crippen LogP contribution in [0.15, 0.2) is 12.1 Å². The van der Waals surface area contributed by atoms with Crippen molar-refractivity contribution in [3.05, 3.63) is 17.8 Å². The van der Waals surface area contributed by atoms with Gasteiger partial charge in [-0.1, -0.05) is 0 Å². The summed E-state index contributed by atoms with van der Waals surface area (Å²) in [4.78, 5) is 15.1. The average molecular weight is 237 g/mol. The summed E-state index contributed by atoms with van der Waals surface area (Å²) >= 11 is 0. The number of rotatable bonds is 5. The fourth-order valence-electron chi connectivity index (χ4n) is 1.27. The van der Waals surface area contributed by atoms with Gasteiger partial charge in [-0.2, -0.15) is 0 Å². The molecular formula is C11H19N5O. The van der Waals surface area contributed by atoms with Gasteiger partial charge in [-0.05, 0) is 19.2 Å². The Morgan fingerprint density at radius 3 is 2.47 bits per heavy atom. The molecule has 0 radical (unpaired) electrons. The van der Waals surface area contributed by atoms with E-state index in [2.05, 4.69) is 15.5 Å². The first-order valence-electron chi connectivity index (χ1n) is 5.47. The Morgan fingerprint density at radius 2 is 2.00 bits per heavy atom. The largest absolute Gasteiger partial charge is 0.357 e. The number of amides is 1. The number of hydrogen-bond donors (Lipinski definition) is 1. The number of likely N-dealkylation sites (N-methyl/N-ethyl adjacent to an activating group) is 2. The van der Waals surface area contributed by atoms with E-state index >= 15 is 0 Å². The lowest BCUT2D eigenvalue weighted by Gasteiger charge is -2.17. The second-order valence-corrected chi connectivity index (χ2v) is 4.00. The summed E-state index contributed by atoms with van der Waals surface area (Å²) in [6, 6.07) is 3.50. The highest BCUT2D eigenvalue weighted by molar-refractivity contribution is 5.91. The van der Waals surface area contributed by atoms with E-state index in [0.29, 0.717) is 5.69 Å². The Hall–Kier alpha value is -1.69. The number of anilines is 1. The van der Waals surface area contributed by atoms with Gasteiger partial charge in [0.05, 0.1) is 0 Å². The Labute approximate surface area is 102 Å². The maximum atomic E-state index is 11.6. The van der Waals surface area contributed by atoms with Crippen LogP contribution in [-0.2, 0) is 0 Å². The van der Waals surface area contributed by atoms with Crippen molar-refractivity contribution >= 4 is 11.7 Å². The summed E-state index contributed by atoms with van der Waals surface area (Å²) in [5.74, 6) is 0.623. The molecule has 0 saturated heterocycles. The molecule has 1 heterocycles. The van der Waals surface area contributed by atoms with Crippen molar-refractivity contribution in [2.75, 3.05) is 46.2 Å². The zero-order valence-corrected chi connectivity index (χ0v) is 10.8. The van der Waals surface area contributed by atoms with Gasteiger partial charge in [-0.3, -0.25) is 4.79 Å². The maximum absolute atomic E-state index is 11.6. The highest BCUT2D eigenvalue weighted by atomic mass is 16.2. The smallest absolute Gasteiger partial charge is 0.273 e. The van der Waals surface area contributed by atoms with Crippen LogP contribution in [0.4, 0.5) is 5.82 Å². The van der Waals surface area contributed by atoms with Gasteiger partial charge in [0.1, 0.15) is 0 Å². The van der Waals surface area contributed by atoms with E-state index in [-0.39, 0.29) is 5.91 Å². The van der Waals surface area contributed by atoms with Crippen molar-refractivity contribution in [3.63, 3.8) is 0 Å². The highest BCUT2D eigenvalue weighted by Crippen LogP contribution is 2.07. The van der Waals surface area contributed by atoms with Crippen LogP contribution in [-0.4, -0.2) is 62.3 Å². The van der Waals surface area contributed by atoms with Crippen LogP contribution >= 0.6 is 0 Å². The number of carbonyl (C=O) groups excluding carboxylic acids is 1. The zero-order valence-electron chi connectivity index (χ0n) is 10.8. The first kappa shape index (κ1) is 13.4. The molecule has 0 bridgehead atoms. The molecule has 17 heavy (non-hydrogen) atoms. The van der Waals surface area contributed by atoms with Gasteiger partial charge in [0, 0.05) is 34.2 Å². The van der Waals surface area contributed by atoms with Gasteiger partial charge in [0.25, 0.3) is 5.91 Å². The topological polar surface area (TPSA) is 61.4 Å². The Balaban J connectivity index is 2.70. The molecule has 1 aromatic rings. The van der Waals surface area contributed by atoms with Crippen molar-refractivity contribution in [2.24, 2.45) is 0 Å². The molecular weight excluding hydrogens is 218 g/mol. The molecule has 0 aromatic carbocycles. The minimum Gasteiger partial charge on any atom is -0.357 e. The van der Waals surface area contributed by atoms with Gasteiger partial charge in [0.15, 0.2) is 11.5 Å². The Morgan fingerprint density at radius 1 is 1.29 bits per heavy atom. The minimum absolute atomic E-state index is 0.137. The van der Waals surface area contributed by atoms with E-state index in [1.807, 2.05) is 19.0 Å². The molecule has 0 aliphatic carbocycles. The lowest BCUT2D eigenvalue weighted by Crippen LogP contribution is -2.28. The molecule has 0 atom stereocenters. The van der Waals surface area contributed by atoms with E-state index in [1.54, 1.807) is 26.2 Å². The van der Waals surface area contributed by atoms with Gasteiger partial charge in [-0.15, -0.1) is 10.2 Å². The number of aromatic nitrogens is 2. The van der Waals surface area contributed by atoms with E-state index < -0.39 is 0 Å². The maximum Gasteiger partial charge on any atom is 0.273 e. The van der Waals surface area contributed by atoms with Gasteiger partial charge in [-0.25, -0.2) is 0 Å². The van der Waals surface area contributed by atoms with Crippen molar-refractivity contribution in [1.82, 2.24) is 20.4 Å². The fourth-order valence-corrected chi connectivity index (χ4v) is 1.27. The number of carbonyl (C=O) groups is 1. The zero-order chi connectivity index (χ0) is 12.8. The molecule has 1 aromatic heterocycles. The number of hydrogen-bond acceptors (Lipinski definition) is 5. The highest BCUT2D eigenvalue weighted by Gasteiger charge is 2.11. The first-order chi connectivity index (χ1) is 8.06. The van der Waals surface area contributed by atoms with Crippen molar-refractivity contribution in [3.8, 4) is 0 Å². The molecule has 6 nitrogen and oxygen atoms in total. The van der Waals surface area contributed by atoms with E-state index in [0.717, 1.165) is 18.9 Å². The number of nitrogens with zero attached hydrogens (tertiary/aromatic N) is 4. The van der Waals surface area contributed by atoms with Gasteiger partial charge in [0.2, 0.25) is 0 Å². The van der Waals surface area contributed by atoms with Crippen LogP contribution < -0.4 is 10.2 Å². The summed E-state index contributed by atoms with van der Waals surface area (Å²) in [7, 11) is 7.22. The summed E-state index contributed by atoms with van der Waals surface area (Å²) < 4.78 is 0. The molecule has 0 saturated carbocycles. The van der Waals surface area contributed by atoms with E-state index in [1.165, 1.54) is 4.90 Å². The summed E-state index contributed by atoms with van der Waals surface area (Å²) in [6.07, 6.45) is 0. The lowest BCUT2D eigenvalue weighted by molar-refractivity contribution is 0.0821. The normalized spacial score (nSPS) is 10.1. The fraction of sp³-hybridized carbons (Fsp3) is 0.545. The van der Waals surface area contributed by atoms with Crippen molar-refractivity contribution in [2.45, 2.75) is 0 Å². The molecule has 1 rings (SSSR count). The van der Waals surface area contributed by atoms with E-state index in [4.69, 9.17) is 0 Å². The molecule has 6 heteroatoms. The SMILES string of the molecule is CNCCN(C)c1ccc(C(=O)N(C)C)nn1. The molecule has 0 spiro atoms. The van der Waals surface area contributed by atoms with Crippen LogP contribution in [0, 0.1) is 0 Å². The van der Waals surface area contributed by atoms with Gasteiger partial charge >= 0.3 is 0 Å². The molecule has 0 aliphatic heterocycles. The predicted octanol–water partition coefficient (Wildman–Crippen LogP) is -0.166. The molecule has 0 fully saturated rings. The van der Waals surface area contributed by atoms with Gasteiger partial charge < -0.3 is 15.1 Å². The first-order valence-corrected chi connectivity index (χ1v) is 5.47. The van der Waals surface area contributed by atoms with Crippen LogP contribution in [0.25, 0.3) is 0 Å². The molecule has 0 unspecified atom stereocenters. The monoisotopic (exact) mass is 237 g/mol. The predicted molar refractivity (Wildman–Crippen MR) is 67.2 cm³/mol.